The van der Waals surface area contributed by atoms with Gasteiger partial charge in [0.1, 0.15) is 6.04 Å². The van der Waals surface area contributed by atoms with Crippen molar-refractivity contribution in [1.82, 2.24) is 9.37 Å². The van der Waals surface area contributed by atoms with Gasteiger partial charge in [-0.05, 0) is 38.7 Å². The lowest BCUT2D eigenvalue weighted by Crippen LogP contribution is -2.32. The van der Waals surface area contributed by atoms with E-state index in [0.29, 0.717) is 19.0 Å². The third-order valence-electron chi connectivity index (χ3n) is 5.53. The van der Waals surface area contributed by atoms with Crippen LogP contribution in [0.4, 0.5) is 0 Å². The van der Waals surface area contributed by atoms with Gasteiger partial charge in [-0.15, -0.1) is 5.06 Å². The summed E-state index contributed by atoms with van der Waals surface area (Å²) in [4.78, 5) is 18.1. The van der Waals surface area contributed by atoms with Crippen molar-refractivity contribution in [2.24, 2.45) is 5.92 Å². The predicted octanol–water partition coefficient (Wildman–Crippen LogP) is 3.09. The number of sulfonamides is 1. The molecular formula is C18H36N2O4SSi. The minimum absolute atomic E-state index is 0.154. The lowest BCUT2D eigenvalue weighted by atomic mass is 9.86. The molecule has 6 nitrogen and oxygen atoms in total. The number of rotatable bonds is 9. The van der Waals surface area contributed by atoms with Crippen LogP contribution < -0.4 is 0 Å². The molecule has 3 unspecified atom stereocenters. The van der Waals surface area contributed by atoms with E-state index >= 15 is 0 Å². The van der Waals surface area contributed by atoms with Crippen molar-refractivity contribution in [3.05, 3.63) is 0 Å². The maximum atomic E-state index is 13.0. The van der Waals surface area contributed by atoms with Crippen LogP contribution in [0.2, 0.25) is 25.7 Å². The largest absolute Gasteiger partial charge is 0.366 e. The highest BCUT2D eigenvalue weighted by molar-refractivity contribution is 7.89. The first-order chi connectivity index (χ1) is 12.1. The normalized spacial score (nSPS) is 27.5. The Bertz CT molecular complexity index is 580. The fraction of sp³-hybridized carbons (Fsp3) is 0.944. The standard InChI is InChI=1S/C18H36N2O4SSi/c1-6-19(7-2)24-18(21)17-16(15-11-9-8-10-12-15)20(17)25(22,23)13-14-26(3,4)5/h15-17H,6-14H2,1-5H3. The number of nitrogens with zero attached hydrogens (tertiary/aromatic N) is 2. The molecule has 1 saturated heterocycles. The molecule has 3 atom stereocenters. The fourth-order valence-electron chi connectivity index (χ4n) is 3.85. The minimum atomic E-state index is -3.41. The summed E-state index contributed by atoms with van der Waals surface area (Å²) in [5, 5.41) is 1.59. The SMILES string of the molecule is CCN(CC)OC(=O)C1C(C2CCCCC2)N1S(=O)(=O)CC[Si](C)(C)C. The number of hydrogen-bond donors (Lipinski definition) is 0. The maximum absolute atomic E-state index is 13.0. The first-order valence-corrected chi connectivity index (χ1v) is 15.4. The van der Waals surface area contributed by atoms with Gasteiger partial charge < -0.3 is 4.84 Å². The van der Waals surface area contributed by atoms with Crippen molar-refractivity contribution in [3.63, 3.8) is 0 Å². The summed E-state index contributed by atoms with van der Waals surface area (Å²) < 4.78 is 27.4. The zero-order valence-corrected chi connectivity index (χ0v) is 18.8. The van der Waals surface area contributed by atoms with Crippen LogP contribution in [0.15, 0.2) is 0 Å². The topological polar surface area (TPSA) is 66.7 Å². The number of hydroxylamine groups is 2. The second kappa shape index (κ2) is 8.71. The van der Waals surface area contributed by atoms with E-state index in [9.17, 15) is 13.2 Å². The Morgan fingerprint density at radius 2 is 1.69 bits per heavy atom. The van der Waals surface area contributed by atoms with Crippen LogP contribution in [-0.4, -0.2) is 62.8 Å². The molecule has 1 saturated carbocycles. The molecule has 1 heterocycles. The van der Waals surface area contributed by atoms with Crippen molar-refractivity contribution in [2.45, 2.75) is 83.7 Å². The van der Waals surface area contributed by atoms with Crippen molar-refractivity contribution in [2.75, 3.05) is 18.8 Å². The summed E-state index contributed by atoms with van der Waals surface area (Å²) in [5.74, 6) is 0.0431. The van der Waals surface area contributed by atoms with Crippen molar-refractivity contribution < 1.29 is 18.0 Å². The van der Waals surface area contributed by atoms with Crippen LogP contribution in [0.25, 0.3) is 0 Å². The van der Waals surface area contributed by atoms with Crippen LogP contribution in [0, 0.1) is 5.92 Å². The summed E-state index contributed by atoms with van der Waals surface area (Å²) in [7, 11) is -4.88. The van der Waals surface area contributed by atoms with Crippen molar-refractivity contribution >= 4 is 24.1 Å². The highest BCUT2D eigenvalue weighted by atomic mass is 32.2. The number of carbonyl (C=O) groups excluding carboxylic acids is 1. The van der Waals surface area contributed by atoms with Gasteiger partial charge >= 0.3 is 5.97 Å². The lowest BCUT2D eigenvalue weighted by Gasteiger charge is -2.22. The van der Waals surface area contributed by atoms with E-state index in [4.69, 9.17) is 4.84 Å². The van der Waals surface area contributed by atoms with Crippen LogP contribution in [0.3, 0.4) is 0 Å². The average molecular weight is 405 g/mol. The molecule has 2 rings (SSSR count). The molecule has 2 fully saturated rings. The predicted molar refractivity (Wildman–Crippen MR) is 107 cm³/mol. The van der Waals surface area contributed by atoms with Gasteiger partial charge in [-0.3, -0.25) is 0 Å². The van der Waals surface area contributed by atoms with Gasteiger partial charge in [-0.2, -0.15) is 4.31 Å². The minimum Gasteiger partial charge on any atom is -0.366 e. The Kier molecular flexibility index (Phi) is 7.32. The Morgan fingerprint density at radius 1 is 1.12 bits per heavy atom. The molecule has 0 aromatic heterocycles. The van der Waals surface area contributed by atoms with Gasteiger partial charge in [0, 0.05) is 21.2 Å². The van der Waals surface area contributed by atoms with E-state index in [1.807, 2.05) is 13.8 Å². The van der Waals surface area contributed by atoms with Gasteiger partial charge in [-0.1, -0.05) is 38.9 Å². The van der Waals surface area contributed by atoms with E-state index in [1.165, 1.54) is 10.7 Å². The summed E-state index contributed by atoms with van der Waals surface area (Å²) in [5.41, 5.74) is 0. The molecule has 0 aromatic carbocycles. The molecular weight excluding hydrogens is 368 g/mol. The zero-order chi connectivity index (χ0) is 19.5. The van der Waals surface area contributed by atoms with Crippen LogP contribution in [-0.2, 0) is 19.7 Å². The molecule has 0 N–H and O–H groups in total. The van der Waals surface area contributed by atoms with Gasteiger partial charge in [-0.25, -0.2) is 13.2 Å². The van der Waals surface area contributed by atoms with Crippen molar-refractivity contribution in [3.8, 4) is 0 Å². The third-order valence-corrected chi connectivity index (χ3v) is 9.48. The molecule has 0 spiro atoms. The molecule has 0 aromatic rings. The average Bonchev–Trinajstić information content (AvgIpc) is 3.35. The van der Waals surface area contributed by atoms with Crippen LogP contribution >= 0.6 is 0 Å². The summed E-state index contributed by atoms with van der Waals surface area (Å²) in [6, 6.07) is -0.0866. The molecule has 1 aliphatic carbocycles. The second-order valence-electron chi connectivity index (χ2n) is 8.81. The van der Waals surface area contributed by atoms with Crippen molar-refractivity contribution in [1.29, 1.82) is 0 Å². The monoisotopic (exact) mass is 404 g/mol. The molecule has 0 bridgehead atoms. The highest BCUT2D eigenvalue weighted by Gasteiger charge is 2.63. The van der Waals surface area contributed by atoms with Gasteiger partial charge in [0.05, 0.1) is 11.8 Å². The Labute approximate surface area is 160 Å². The number of hydrogen-bond acceptors (Lipinski definition) is 5. The van der Waals surface area contributed by atoms with Gasteiger partial charge in [0.25, 0.3) is 0 Å². The molecule has 1 aliphatic heterocycles. The quantitative estimate of drug-likeness (QED) is 0.336. The highest BCUT2D eigenvalue weighted by Crippen LogP contribution is 2.44. The van der Waals surface area contributed by atoms with Gasteiger partial charge in [0.15, 0.2) is 0 Å². The summed E-state index contributed by atoms with van der Waals surface area (Å²) in [6.45, 7) is 11.6. The van der Waals surface area contributed by atoms with Crippen LogP contribution in [0.1, 0.15) is 46.0 Å². The molecule has 2 aliphatic rings. The van der Waals surface area contributed by atoms with E-state index < -0.39 is 30.1 Å². The molecule has 0 amide bonds. The van der Waals surface area contributed by atoms with E-state index in [-0.39, 0.29) is 11.8 Å². The first-order valence-electron chi connectivity index (χ1n) is 10.1. The Hall–Kier alpha value is -0.443. The second-order valence-corrected chi connectivity index (χ2v) is 16.4. The molecule has 8 heteroatoms. The smallest absolute Gasteiger partial charge is 0.345 e. The van der Waals surface area contributed by atoms with Crippen LogP contribution in [0.5, 0.6) is 0 Å². The Balaban J connectivity index is 2.13. The van der Waals surface area contributed by atoms with E-state index in [1.54, 1.807) is 5.06 Å². The fourth-order valence-corrected chi connectivity index (χ4v) is 8.70. The third kappa shape index (κ3) is 5.53. The molecule has 26 heavy (non-hydrogen) atoms. The summed E-state index contributed by atoms with van der Waals surface area (Å²) >= 11 is 0. The van der Waals surface area contributed by atoms with E-state index in [2.05, 4.69) is 19.6 Å². The molecule has 0 radical (unpaired) electrons. The molecule has 152 valence electrons. The lowest BCUT2D eigenvalue weighted by molar-refractivity contribution is -0.188. The van der Waals surface area contributed by atoms with Gasteiger partial charge in [0.2, 0.25) is 10.0 Å². The zero-order valence-electron chi connectivity index (χ0n) is 17.0. The van der Waals surface area contributed by atoms with E-state index in [0.717, 1.165) is 31.7 Å². The maximum Gasteiger partial charge on any atom is 0.345 e. The Morgan fingerprint density at radius 3 is 2.19 bits per heavy atom. The summed E-state index contributed by atoms with van der Waals surface area (Å²) in [6.07, 6.45) is 5.49. The first kappa shape index (κ1) is 21.9. The number of carbonyl (C=O) groups is 1.